The molecule has 1 aliphatic rings. The second-order valence-electron chi connectivity index (χ2n) is 6.51. The van der Waals surface area contributed by atoms with Crippen molar-refractivity contribution < 1.29 is 12.9 Å². The van der Waals surface area contributed by atoms with Crippen LogP contribution >= 0.6 is 0 Å². The molecule has 8 heteroatoms. The molecule has 0 fully saturated rings. The van der Waals surface area contributed by atoms with E-state index in [0.717, 1.165) is 18.8 Å². The summed E-state index contributed by atoms with van der Waals surface area (Å²) in [4.78, 5) is 4.52. The molecule has 1 aliphatic heterocycles. The zero-order valence-corrected chi connectivity index (χ0v) is 15.9. The van der Waals surface area contributed by atoms with E-state index in [9.17, 15) is 8.42 Å². The Labute approximate surface area is 148 Å². The minimum atomic E-state index is -3.71. The summed E-state index contributed by atoms with van der Waals surface area (Å²) < 4.78 is 33.0. The summed E-state index contributed by atoms with van der Waals surface area (Å²) >= 11 is 0. The number of rotatable bonds is 5. The highest BCUT2D eigenvalue weighted by Crippen LogP contribution is 2.37. The summed E-state index contributed by atoms with van der Waals surface area (Å²) in [7, 11) is 0.355. The number of sulfonamides is 1. The van der Waals surface area contributed by atoms with Crippen molar-refractivity contribution in [1.29, 1.82) is 0 Å². The Balaban J connectivity index is 2.00. The average Bonchev–Trinajstić information content (AvgIpc) is 2.91. The van der Waals surface area contributed by atoms with Gasteiger partial charge < -0.3 is 14.3 Å². The lowest BCUT2D eigenvalue weighted by molar-refractivity contribution is 0.390. The summed E-state index contributed by atoms with van der Waals surface area (Å²) in [6, 6.07) is 7.63. The van der Waals surface area contributed by atoms with Gasteiger partial charge in [0.1, 0.15) is 5.69 Å². The third-order valence-electron chi connectivity index (χ3n) is 4.40. The van der Waals surface area contributed by atoms with Gasteiger partial charge in [0.2, 0.25) is 0 Å². The molecule has 0 unspecified atom stereocenters. The second kappa shape index (κ2) is 6.68. The summed E-state index contributed by atoms with van der Waals surface area (Å²) in [6.45, 7) is 6.09. The van der Waals surface area contributed by atoms with Gasteiger partial charge in [0.05, 0.1) is 17.9 Å². The van der Waals surface area contributed by atoms with Gasteiger partial charge in [-0.15, -0.1) is 0 Å². The molecule has 0 saturated heterocycles. The first kappa shape index (κ1) is 17.8. The van der Waals surface area contributed by atoms with Gasteiger partial charge >= 0.3 is 0 Å². The maximum absolute atomic E-state index is 13.2. The zero-order chi connectivity index (χ0) is 18.2. The van der Waals surface area contributed by atoms with E-state index in [2.05, 4.69) is 15.0 Å². The lowest BCUT2D eigenvalue weighted by Crippen LogP contribution is -2.46. The molecule has 0 radical (unpaired) electrons. The molecule has 3 rings (SSSR count). The third-order valence-corrected chi connectivity index (χ3v) is 6.46. The van der Waals surface area contributed by atoms with Crippen molar-refractivity contribution in [2.45, 2.75) is 18.7 Å². The second-order valence-corrected chi connectivity index (χ2v) is 8.31. The van der Waals surface area contributed by atoms with Crippen molar-refractivity contribution in [3.8, 4) is 0 Å². The average molecular weight is 364 g/mol. The van der Waals surface area contributed by atoms with Crippen molar-refractivity contribution in [3.63, 3.8) is 0 Å². The minimum Gasteiger partial charge on any atom is -0.367 e. The minimum absolute atomic E-state index is 0.170. The number of hydrogen-bond donors (Lipinski definition) is 0. The first-order valence-corrected chi connectivity index (χ1v) is 9.70. The van der Waals surface area contributed by atoms with Crippen LogP contribution in [0.25, 0.3) is 0 Å². The molecule has 2 heterocycles. The normalized spacial score (nSPS) is 14.9. The van der Waals surface area contributed by atoms with Crippen molar-refractivity contribution in [2.75, 3.05) is 49.5 Å². The molecular formula is C17H24N4O3S. The van der Waals surface area contributed by atoms with Gasteiger partial charge in [0.25, 0.3) is 10.0 Å². The first-order chi connectivity index (χ1) is 11.8. The molecule has 7 nitrogen and oxygen atoms in total. The van der Waals surface area contributed by atoms with Crippen molar-refractivity contribution in [2.24, 2.45) is 0 Å². The van der Waals surface area contributed by atoms with E-state index in [1.807, 2.05) is 38.4 Å². The van der Waals surface area contributed by atoms with Crippen LogP contribution in [0.1, 0.15) is 11.5 Å². The van der Waals surface area contributed by atoms with E-state index in [4.69, 9.17) is 4.52 Å². The van der Waals surface area contributed by atoms with Crippen LogP contribution < -0.4 is 9.21 Å². The Morgan fingerprint density at radius 2 is 1.84 bits per heavy atom. The van der Waals surface area contributed by atoms with Gasteiger partial charge in [0, 0.05) is 19.6 Å². The lowest BCUT2D eigenvalue weighted by atomic mass is 10.2. The van der Waals surface area contributed by atoms with E-state index in [1.165, 1.54) is 4.31 Å². The predicted molar refractivity (Wildman–Crippen MR) is 97.7 cm³/mol. The highest BCUT2D eigenvalue weighted by atomic mass is 32.2. The predicted octanol–water partition coefficient (Wildman–Crippen LogP) is 1.87. The molecule has 0 N–H and O–H groups in total. The Morgan fingerprint density at radius 1 is 1.16 bits per heavy atom. The number of likely N-dealkylation sites (N-methyl/N-ethyl adjacent to an activating group) is 1. The zero-order valence-electron chi connectivity index (χ0n) is 15.1. The van der Waals surface area contributed by atoms with Gasteiger partial charge in [-0.05, 0) is 40.1 Å². The number of benzene rings is 1. The van der Waals surface area contributed by atoms with Crippen LogP contribution in [0.2, 0.25) is 0 Å². The third kappa shape index (κ3) is 3.23. The first-order valence-electron chi connectivity index (χ1n) is 8.26. The fourth-order valence-electron chi connectivity index (χ4n) is 3.15. The van der Waals surface area contributed by atoms with Crippen LogP contribution in [0.4, 0.5) is 11.4 Å². The molecule has 136 valence electrons. The van der Waals surface area contributed by atoms with E-state index < -0.39 is 10.0 Å². The van der Waals surface area contributed by atoms with Crippen LogP contribution in [-0.4, -0.2) is 58.7 Å². The van der Waals surface area contributed by atoms with E-state index in [-0.39, 0.29) is 4.90 Å². The molecular weight excluding hydrogens is 340 g/mol. The van der Waals surface area contributed by atoms with Gasteiger partial charge in [-0.1, -0.05) is 17.3 Å². The van der Waals surface area contributed by atoms with Crippen LogP contribution in [0.15, 0.2) is 33.7 Å². The monoisotopic (exact) mass is 364 g/mol. The molecule has 1 aromatic carbocycles. The molecule has 0 spiro atoms. The Bertz CT molecular complexity index is 841. The molecule has 1 aromatic heterocycles. The molecule has 0 saturated carbocycles. The number of aryl methyl sites for hydroxylation is 2. The fraction of sp³-hybridized carbons (Fsp3) is 0.471. The molecule has 0 aliphatic carbocycles. The van der Waals surface area contributed by atoms with Crippen LogP contribution in [0.5, 0.6) is 0 Å². The molecule has 2 aromatic rings. The Kier molecular flexibility index (Phi) is 4.75. The SMILES string of the molecule is Cc1noc(C)c1S(=O)(=O)N1CCN(CCN(C)C)c2ccccc21. The fourth-order valence-corrected chi connectivity index (χ4v) is 4.92. The number of nitrogens with zero attached hydrogens (tertiary/aromatic N) is 4. The number of aromatic nitrogens is 1. The molecule has 0 bridgehead atoms. The standard InChI is InChI=1S/C17H24N4O3S/c1-13-17(14(2)24-18-13)25(22,23)21-12-11-20(10-9-19(3)4)15-7-5-6-8-16(15)21/h5-8H,9-12H2,1-4H3. The van der Waals surface area contributed by atoms with E-state index in [0.29, 0.717) is 30.2 Å². The molecule has 0 amide bonds. The Hall–Kier alpha value is -2.06. The quantitative estimate of drug-likeness (QED) is 0.807. The molecule has 0 atom stereocenters. The number of fused-ring (bicyclic) bond motifs is 1. The van der Waals surface area contributed by atoms with Gasteiger partial charge in [0.15, 0.2) is 10.7 Å². The van der Waals surface area contributed by atoms with E-state index >= 15 is 0 Å². The largest absolute Gasteiger partial charge is 0.367 e. The van der Waals surface area contributed by atoms with Gasteiger partial charge in [-0.2, -0.15) is 0 Å². The van der Waals surface area contributed by atoms with Crippen molar-refractivity contribution in [1.82, 2.24) is 10.1 Å². The summed E-state index contributed by atoms with van der Waals surface area (Å²) in [5.74, 6) is 0.324. The number of hydrogen-bond acceptors (Lipinski definition) is 6. The Morgan fingerprint density at radius 3 is 2.44 bits per heavy atom. The highest BCUT2D eigenvalue weighted by molar-refractivity contribution is 7.93. The van der Waals surface area contributed by atoms with Gasteiger partial charge in [-0.25, -0.2) is 8.42 Å². The lowest BCUT2D eigenvalue weighted by Gasteiger charge is -2.38. The van der Waals surface area contributed by atoms with E-state index in [1.54, 1.807) is 13.8 Å². The molecule has 25 heavy (non-hydrogen) atoms. The maximum Gasteiger partial charge on any atom is 0.269 e. The van der Waals surface area contributed by atoms with Crippen LogP contribution in [0.3, 0.4) is 0 Å². The van der Waals surface area contributed by atoms with Gasteiger partial charge in [-0.3, -0.25) is 4.31 Å². The summed E-state index contributed by atoms with van der Waals surface area (Å²) in [5, 5.41) is 3.80. The number of para-hydroxylation sites is 2. The number of anilines is 2. The van der Waals surface area contributed by atoms with Crippen molar-refractivity contribution >= 4 is 21.4 Å². The topological polar surface area (TPSA) is 69.9 Å². The van der Waals surface area contributed by atoms with Crippen LogP contribution in [0, 0.1) is 13.8 Å². The smallest absolute Gasteiger partial charge is 0.269 e. The highest BCUT2D eigenvalue weighted by Gasteiger charge is 2.35. The summed E-state index contributed by atoms with van der Waals surface area (Å²) in [6.07, 6.45) is 0. The van der Waals surface area contributed by atoms with Crippen LogP contribution in [-0.2, 0) is 10.0 Å². The maximum atomic E-state index is 13.2. The summed E-state index contributed by atoms with van der Waals surface area (Å²) in [5.41, 5.74) is 2.03. The van der Waals surface area contributed by atoms with Crippen molar-refractivity contribution in [3.05, 3.63) is 35.7 Å².